The van der Waals surface area contributed by atoms with Crippen molar-refractivity contribution in [3.05, 3.63) is 64.7 Å². The van der Waals surface area contributed by atoms with Crippen molar-refractivity contribution in [2.75, 3.05) is 7.11 Å². The summed E-state index contributed by atoms with van der Waals surface area (Å²) in [6.07, 6.45) is 0. The summed E-state index contributed by atoms with van der Waals surface area (Å²) in [5, 5.41) is 0.545. The second kappa shape index (κ2) is 6.21. The minimum Gasteiger partial charge on any atom is -0.465 e. The lowest BCUT2D eigenvalue weighted by molar-refractivity contribution is 0.0600. The van der Waals surface area contributed by atoms with E-state index >= 15 is 0 Å². The largest absolute Gasteiger partial charge is 0.465 e. The van der Waals surface area contributed by atoms with E-state index in [0.29, 0.717) is 21.9 Å². The Morgan fingerprint density at radius 2 is 1.35 bits per heavy atom. The van der Waals surface area contributed by atoms with E-state index in [1.807, 2.05) is 0 Å². The van der Waals surface area contributed by atoms with Gasteiger partial charge < -0.3 is 9.47 Å². The molecule has 0 saturated heterocycles. The zero-order valence-corrected chi connectivity index (χ0v) is 11.4. The van der Waals surface area contributed by atoms with Gasteiger partial charge in [-0.05, 0) is 48.5 Å². The molecule has 0 aliphatic rings. The SMILES string of the molecule is COC(=O)c1ccc(OC(=O)c2ccc(Cl)cc2)cc1. The summed E-state index contributed by atoms with van der Waals surface area (Å²) in [6.45, 7) is 0. The molecule has 0 fully saturated rings. The molecule has 102 valence electrons. The van der Waals surface area contributed by atoms with Crippen molar-refractivity contribution in [1.29, 1.82) is 0 Å². The lowest BCUT2D eigenvalue weighted by Gasteiger charge is -2.05. The molecule has 0 radical (unpaired) electrons. The highest BCUT2D eigenvalue weighted by Crippen LogP contribution is 2.16. The summed E-state index contributed by atoms with van der Waals surface area (Å²) in [4.78, 5) is 23.1. The average molecular weight is 291 g/mol. The molecule has 0 spiro atoms. The predicted octanol–water partition coefficient (Wildman–Crippen LogP) is 3.35. The van der Waals surface area contributed by atoms with Crippen LogP contribution in [-0.2, 0) is 4.74 Å². The third-order valence-corrected chi connectivity index (χ3v) is 2.82. The van der Waals surface area contributed by atoms with E-state index in [2.05, 4.69) is 4.74 Å². The van der Waals surface area contributed by atoms with E-state index < -0.39 is 11.9 Å². The minimum atomic E-state index is -0.493. The Labute approximate surface area is 120 Å². The molecule has 0 aliphatic heterocycles. The number of benzene rings is 2. The number of rotatable bonds is 3. The first-order chi connectivity index (χ1) is 9.60. The molecule has 0 heterocycles. The predicted molar refractivity (Wildman–Crippen MR) is 74.2 cm³/mol. The molecule has 0 saturated carbocycles. The van der Waals surface area contributed by atoms with Gasteiger partial charge in [0.25, 0.3) is 0 Å². The molecular formula is C15H11ClO4. The van der Waals surface area contributed by atoms with Gasteiger partial charge in [0, 0.05) is 5.02 Å². The van der Waals surface area contributed by atoms with Crippen molar-refractivity contribution in [1.82, 2.24) is 0 Å². The number of ether oxygens (including phenoxy) is 2. The fourth-order valence-electron chi connectivity index (χ4n) is 1.53. The van der Waals surface area contributed by atoms with Crippen molar-refractivity contribution in [2.45, 2.75) is 0 Å². The van der Waals surface area contributed by atoms with Crippen LogP contribution in [0.2, 0.25) is 5.02 Å². The van der Waals surface area contributed by atoms with Crippen LogP contribution in [0.5, 0.6) is 5.75 Å². The maximum atomic E-state index is 11.8. The molecular weight excluding hydrogens is 280 g/mol. The van der Waals surface area contributed by atoms with Gasteiger partial charge in [0.05, 0.1) is 18.2 Å². The fourth-order valence-corrected chi connectivity index (χ4v) is 1.65. The Bertz CT molecular complexity index is 617. The Morgan fingerprint density at radius 3 is 1.90 bits per heavy atom. The van der Waals surface area contributed by atoms with Crippen molar-refractivity contribution < 1.29 is 19.1 Å². The lowest BCUT2D eigenvalue weighted by atomic mass is 10.2. The molecule has 2 rings (SSSR count). The maximum absolute atomic E-state index is 11.8. The van der Waals surface area contributed by atoms with Crippen LogP contribution in [0.15, 0.2) is 48.5 Å². The number of hydrogen-bond donors (Lipinski definition) is 0. The van der Waals surface area contributed by atoms with E-state index in [-0.39, 0.29) is 0 Å². The van der Waals surface area contributed by atoms with Gasteiger partial charge in [-0.25, -0.2) is 9.59 Å². The molecule has 2 aromatic carbocycles. The van der Waals surface area contributed by atoms with E-state index in [0.717, 1.165) is 0 Å². The van der Waals surface area contributed by atoms with Crippen molar-refractivity contribution >= 4 is 23.5 Å². The second-order valence-corrected chi connectivity index (χ2v) is 4.35. The molecule has 5 heteroatoms. The number of carbonyl (C=O) groups excluding carboxylic acids is 2. The van der Waals surface area contributed by atoms with E-state index in [4.69, 9.17) is 16.3 Å². The zero-order valence-electron chi connectivity index (χ0n) is 10.6. The molecule has 0 bridgehead atoms. The molecule has 0 aromatic heterocycles. The molecule has 20 heavy (non-hydrogen) atoms. The summed E-state index contributed by atoms with van der Waals surface area (Å²) < 4.78 is 9.75. The minimum absolute atomic E-state index is 0.345. The highest BCUT2D eigenvalue weighted by atomic mass is 35.5. The van der Waals surface area contributed by atoms with Crippen LogP contribution in [0, 0.1) is 0 Å². The van der Waals surface area contributed by atoms with Crippen LogP contribution in [-0.4, -0.2) is 19.0 Å². The summed E-state index contributed by atoms with van der Waals surface area (Å²) in [6, 6.07) is 12.5. The lowest BCUT2D eigenvalue weighted by Crippen LogP contribution is -2.08. The van der Waals surface area contributed by atoms with E-state index in [9.17, 15) is 9.59 Å². The standard InChI is InChI=1S/C15H11ClO4/c1-19-14(17)10-4-8-13(9-5-10)20-15(18)11-2-6-12(16)7-3-11/h2-9H,1H3. The topological polar surface area (TPSA) is 52.6 Å². The first-order valence-electron chi connectivity index (χ1n) is 5.76. The van der Waals surface area contributed by atoms with Crippen LogP contribution in [0.4, 0.5) is 0 Å². The highest BCUT2D eigenvalue weighted by Gasteiger charge is 2.10. The fraction of sp³-hybridized carbons (Fsp3) is 0.0667. The van der Waals surface area contributed by atoms with Gasteiger partial charge in [-0.15, -0.1) is 0 Å². The van der Waals surface area contributed by atoms with Crippen LogP contribution in [0.1, 0.15) is 20.7 Å². The quantitative estimate of drug-likeness (QED) is 0.642. The maximum Gasteiger partial charge on any atom is 0.343 e. The highest BCUT2D eigenvalue weighted by molar-refractivity contribution is 6.30. The smallest absolute Gasteiger partial charge is 0.343 e. The summed E-state index contributed by atoms with van der Waals surface area (Å²) >= 11 is 5.74. The number of halogens is 1. The van der Waals surface area contributed by atoms with Crippen LogP contribution in [0.25, 0.3) is 0 Å². The van der Waals surface area contributed by atoms with Gasteiger partial charge in [-0.3, -0.25) is 0 Å². The zero-order chi connectivity index (χ0) is 14.5. The van der Waals surface area contributed by atoms with Crippen molar-refractivity contribution in [3.63, 3.8) is 0 Å². The second-order valence-electron chi connectivity index (χ2n) is 3.91. The molecule has 0 aliphatic carbocycles. The molecule has 0 unspecified atom stereocenters. The van der Waals surface area contributed by atoms with Gasteiger partial charge in [0.2, 0.25) is 0 Å². The van der Waals surface area contributed by atoms with Crippen molar-refractivity contribution in [2.24, 2.45) is 0 Å². The Kier molecular flexibility index (Phi) is 4.38. The first kappa shape index (κ1) is 14.1. The number of methoxy groups -OCH3 is 1. The van der Waals surface area contributed by atoms with E-state index in [1.165, 1.54) is 31.4 Å². The van der Waals surface area contributed by atoms with Crippen molar-refractivity contribution in [3.8, 4) is 5.75 Å². The third kappa shape index (κ3) is 3.36. The third-order valence-electron chi connectivity index (χ3n) is 2.57. The molecule has 0 amide bonds. The van der Waals surface area contributed by atoms with Crippen LogP contribution < -0.4 is 4.74 Å². The van der Waals surface area contributed by atoms with Gasteiger partial charge in [-0.1, -0.05) is 11.6 Å². The molecule has 0 atom stereocenters. The first-order valence-corrected chi connectivity index (χ1v) is 6.14. The summed E-state index contributed by atoms with van der Waals surface area (Å²) in [5.41, 5.74) is 0.783. The molecule has 2 aromatic rings. The van der Waals surface area contributed by atoms with Crippen LogP contribution >= 0.6 is 11.6 Å². The number of esters is 2. The molecule has 4 nitrogen and oxygen atoms in total. The molecule has 0 N–H and O–H groups in total. The van der Waals surface area contributed by atoms with Gasteiger partial charge >= 0.3 is 11.9 Å². The summed E-state index contributed by atoms with van der Waals surface area (Å²) in [7, 11) is 1.30. The number of hydrogen-bond acceptors (Lipinski definition) is 4. The van der Waals surface area contributed by atoms with Gasteiger partial charge in [-0.2, -0.15) is 0 Å². The average Bonchev–Trinajstić information content (AvgIpc) is 2.48. The Balaban J connectivity index is 2.08. The Hall–Kier alpha value is -2.33. The van der Waals surface area contributed by atoms with Gasteiger partial charge in [0.1, 0.15) is 5.75 Å². The van der Waals surface area contributed by atoms with Gasteiger partial charge in [0.15, 0.2) is 0 Å². The normalized spacial score (nSPS) is 9.90. The van der Waals surface area contributed by atoms with E-state index in [1.54, 1.807) is 24.3 Å². The number of carbonyl (C=O) groups is 2. The summed E-state index contributed by atoms with van der Waals surface area (Å²) in [5.74, 6) is -0.592. The monoisotopic (exact) mass is 290 g/mol. The Morgan fingerprint density at radius 1 is 0.850 bits per heavy atom. The van der Waals surface area contributed by atoms with Crippen LogP contribution in [0.3, 0.4) is 0 Å².